The van der Waals surface area contributed by atoms with Gasteiger partial charge in [-0.05, 0) is 18.6 Å². The molecule has 14 heavy (non-hydrogen) atoms. The number of nitrogens with zero attached hydrogens (tertiary/aromatic N) is 3. The van der Waals surface area contributed by atoms with Crippen LogP contribution in [0, 0.1) is 4.77 Å². The van der Waals surface area contributed by atoms with Crippen LogP contribution in [0.5, 0.6) is 0 Å². The van der Waals surface area contributed by atoms with Crippen molar-refractivity contribution in [2.45, 2.75) is 19.9 Å². The highest BCUT2D eigenvalue weighted by Crippen LogP contribution is 2.14. The van der Waals surface area contributed by atoms with Crippen LogP contribution in [0.15, 0.2) is 16.9 Å². The van der Waals surface area contributed by atoms with E-state index >= 15 is 0 Å². The van der Waals surface area contributed by atoms with Gasteiger partial charge in [-0.3, -0.25) is 9.67 Å². The number of rotatable bonds is 3. The highest BCUT2D eigenvalue weighted by atomic mass is 32.1. The van der Waals surface area contributed by atoms with E-state index in [9.17, 15) is 0 Å². The summed E-state index contributed by atoms with van der Waals surface area (Å²) in [6, 6.07) is 1.76. The molecule has 0 aromatic carbocycles. The second-order valence-electron chi connectivity index (χ2n) is 2.89. The molecule has 6 heteroatoms. The van der Waals surface area contributed by atoms with E-state index in [0.29, 0.717) is 10.5 Å². The summed E-state index contributed by atoms with van der Waals surface area (Å²) in [5, 5.41) is 10.7. The summed E-state index contributed by atoms with van der Waals surface area (Å²) in [5.41, 5.74) is 0.700. The molecule has 0 spiro atoms. The van der Waals surface area contributed by atoms with Crippen molar-refractivity contribution in [3.8, 4) is 11.5 Å². The Hall–Kier alpha value is -1.43. The number of aromatic amines is 1. The van der Waals surface area contributed by atoms with Crippen molar-refractivity contribution in [1.82, 2.24) is 19.9 Å². The lowest BCUT2D eigenvalue weighted by Crippen LogP contribution is -1.99. The first-order chi connectivity index (χ1) is 6.83. The Balaban J connectivity index is 2.48. The van der Waals surface area contributed by atoms with Gasteiger partial charge in [0.15, 0.2) is 16.3 Å². The van der Waals surface area contributed by atoms with E-state index in [1.54, 1.807) is 6.07 Å². The second-order valence-corrected chi connectivity index (χ2v) is 3.28. The van der Waals surface area contributed by atoms with Gasteiger partial charge in [0.25, 0.3) is 0 Å². The van der Waals surface area contributed by atoms with Crippen molar-refractivity contribution in [3.63, 3.8) is 0 Å². The maximum atomic E-state index is 5.10. The Labute approximate surface area is 85.7 Å². The zero-order valence-electron chi connectivity index (χ0n) is 7.73. The van der Waals surface area contributed by atoms with Crippen molar-refractivity contribution in [3.05, 3.63) is 17.1 Å². The summed E-state index contributed by atoms with van der Waals surface area (Å²) in [6.07, 6.45) is 2.52. The van der Waals surface area contributed by atoms with Crippen LogP contribution in [0.2, 0.25) is 0 Å². The van der Waals surface area contributed by atoms with E-state index in [4.69, 9.17) is 16.7 Å². The molecule has 0 fully saturated rings. The van der Waals surface area contributed by atoms with Crippen LogP contribution in [0.3, 0.4) is 0 Å². The fourth-order valence-electron chi connectivity index (χ4n) is 1.27. The summed E-state index contributed by atoms with van der Waals surface area (Å²) in [7, 11) is 0. The fraction of sp³-hybridized carbons (Fsp3) is 0.375. The zero-order chi connectivity index (χ0) is 9.97. The molecule has 0 aliphatic heterocycles. The molecular formula is C8H10N4OS. The smallest absolute Gasteiger partial charge is 0.195 e. The van der Waals surface area contributed by atoms with E-state index < -0.39 is 0 Å². The lowest BCUT2D eigenvalue weighted by atomic mass is 10.4. The quantitative estimate of drug-likeness (QED) is 0.787. The number of nitrogens with one attached hydrogen (secondary N) is 1. The molecule has 0 aliphatic rings. The van der Waals surface area contributed by atoms with Gasteiger partial charge in [0.05, 0.1) is 0 Å². The van der Waals surface area contributed by atoms with Gasteiger partial charge in [0.1, 0.15) is 6.26 Å². The van der Waals surface area contributed by atoms with Crippen LogP contribution >= 0.6 is 12.2 Å². The lowest BCUT2D eigenvalue weighted by Gasteiger charge is -2.00. The molecule has 2 heterocycles. The summed E-state index contributed by atoms with van der Waals surface area (Å²) in [4.78, 5) is 0. The molecule has 0 atom stereocenters. The maximum Gasteiger partial charge on any atom is 0.195 e. The van der Waals surface area contributed by atoms with Gasteiger partial charge in [0.2, 0.25) is 0 Å². The molecular weight excluding hydrogens is 200 g/mol. The SMILES string of the molecule is CCCn1c(-c2ccon2)n[nH]c1=S. The average Bonchev–Trinajstić information content (AvgIpc) is 2.77. The van der Waals surface area contributed by atoms with E-state index in [-0.39, 0.29) is 0 Å². The van der Waals surface area contributed by atoms with Gasteiger partial charge in [-0.2, -0.15) is 5.10 Å². The van der Waals surface area contributed by atoms with Gasteiger partial charge in [0, 0.05) is 12.6 Å². The van der Waals surface area contributed by atoms with E-state index in [2.05, 4.69) is 22.3 Å². The van der Waals surface area contributed by atoms with E-state index in [1.165, 1.54) is 6.26 Å². The van der Waals surface area contributed by atoms with Crippen LogP contribution < -0.4 is 0 Å². The Kier molecular flexibility index (Phi) is 2.45. The van der Waals surface area contributed by atoms with Crippen LogP contribution in [0.25, 0.3) is 11.5 Å². The Bertz CT molecular complexity index is 456. The highest BCUT2D eigenvalue weighted by molar-refractivity contribution is 7.71. The van der Waals surface area contributed by atoms with Crippen molar-refractivity contribution < 1.29 is 4.52 Å². The predicted molar refractivity (Wildman–Crippen MR) is 53.2 cm³/mol. The zero-order valence-corrected chi connectivity index (χ0v) is 8.54. The minimum Gasteiger partial charge on any atom is -0.364 e. The summed E-state index contributed by atoms with van der Waals surface area (Å²) in [5.74, 6) is 0.727. The molecule has 0 radical (unpaired) electrons. The monoisotopic (exact) mass is 210 g/mol. The molecule has 2 rings (SSSR count). The minimum atomic E-state index is 0.616. The van der Waals surface area contributed by atoms with Crippen molar-refractivity contribution >= 4 is 12.2 Å². The summed E-state index contributed by atoms with van der Waals surface area (Å²) < 4.78 is 7.29. The molecule has 2 aromatic heterocycles. The molecule has 74 valence electrons. The molecule has 1 N–H and O–H groups in total. The highest BCUT2D eigenvalue weighted by Gasteiger charge is 2.10. The van der Waals surface area contributed by atoms with Crippen LogP contribution in [0.4, 0.5) is 0 Å². The number of aromatic nitrogens is 4. The van der Waals surface area contributed by atoms with Gasteiger partial charge < -0.3 is 4.52 Å². The third-order valence-corrected chi connectivity index (χ3v) is 2.18. The van der Waals surface area contributed by atoms with Gasteiger partial charge >= 0.3 is 0 Å². The largest absolute Gasteiger partial charge is 0.364 e. The lowest BCUT2D eigenvalue weighted by molar-refractivity contribution is 0.421. The molecule has 0 unspecified atom stereocenters. The molecule has 0 saturated heterocycles. The van der Waals surface area contributed by atoms with Gasteiger partial charge in [-0.15, -0.1) is 0 Å². The minimum absolute atomic E-state index is 0.616. The average molecular weight is 210 g/mol. The first-order valence-electron chi connectivity index (χ1n) is 4.39. The van der Waals surface area contributed by atoms with Crippen molar-refractivity contribution in [2.24, 2.45) is 0 Å². The molecule has 5 nitrogen and oxygen atoms in total. The van der Waals surface area contributed by atoms with Gasteiger partial charge in [-0.25, -0.2) is 0 Å². The third-order valence-electron chi connectivity index (χ3n) is 1.87. The predicted octanol–water partition coefficient (Wildman–Crippen LogP) is 2.01. The standard InChI is InChI=1S/C8H10N4OS/c1-2-4-12-7(9-10-8(12)14)6-3-5-13-11-6/h3,5H,2,4H2,1H3,(H,10,14). The molecule has 0 saturated carbocycles. The third kappa shape index (κ3) is 1.48. The summed E-state index contributed by atoms with van der Waals surface area (Å²) in [6.45, 7) is 2.92. The van der Waals surface area contributed by atoms with Crippen LogP contribution in [-0.2, 0) is 6.54 Å². The Morgan fingerprint density at radius 3 is 3.14 bits per heavy atom. The Morgan fingerprint density at radius 2 is 2.50 bits per heavy atom. The van der Waals surface area contributed by atoms with Gasteiger partial charge in [-0.1, -0.05) is 12.1 Å². The normalized spacial score (nSPS) is 10.6. The maximum absolute atomic E-state index is 5.10. The molecule has 0 aliphatic carbocycles. The number of hydrogen-bond acceptors (Lipinski definition) is 4. The van der Waals surface area contributed by atoms with Crippen LogP contribution in [-0.4, -0.2) is 19.9 Å². The topological polar surface area (TPSA) is 59.6 Å². The second kappa shape index (κ2) is 3.75. The van der Waals surface area contributed by atoms with Crippen molar-refractivity contribution in [2.75, 3.05) is 0 Å². The molecule has 0 amide bonds. The summed E-state index contributed by atoms with van der Waals surface area (Å²) >= 11 is 5.10. The van der Waals surface area contributed by atoms with E-state index in [1.807, 2.05) is 4.57 Å². The fourth-order valence-corrected chi connectivity index (χ4v) is 1.50. The van der Waals surface area contributed by atoms with Crippen molar-refractivity contribution in [1.29, 1.82) is 0 Å². The molecule has 2 aromatic rings. The number of hydrogen-bond donors (Lipinski definition) is 1. The van der Waals surface area contributed by atoms with E-state index in [0.717, 1.165) is 18.8 Å². The first kappa shape index (κ1) is 9.14. The van der Waals surface area contributed by atoms with Crippen LogP contribution in [0.1, 0.15) is 13.3 Å². The number of H-pyrrole nitrogens is 1. The first-order valence-corrected chi connectivity index (χ1v) is 4.79. The molecule has 0 bridgehead atoms. The Morgan fingerprint density at radius 1 is 1.64 bits per heavy atom.